The fourth-order valence-electron chi connectivity index (χ4n) is 3.25. The molecule has 4 aromatic rings. The number of rotatable bonds is 3. The van der Waals surface area contributed by atoms with E-state index in [9.17, 15) is 18.4 Å². The molecular weight excluding hydrogens is 446 g/mol. The Morgan fingerprint density at radius 3 is 2.42 bits per heavy atom. The number of hydrogen-bond donors (Lipinski definition) is 0. The largest absolute Gasteiger partial charge is 0.417 e. The second-order valence-electron chi connectivity index (χ2n) is 6.65. The van der Waals surface area contributed by atoms with Crippen LogP contribution in [0.5, 0.6) is 0 Å². The van der Waals surface area contributed by atoms with Gasteiger partial charge in [-0.2, -0.15) is 18.4 Å². The van der Waals surface area contributed by atoms with Crippen molar-refractivity contribution < 1.29 is 13.2 Å². The lowest BCUT2D eigenvalue weighted by atomic mass is 10.0. The third kappa shape index (κ3) is 4.02. The van der Waals surface area contributed by atoms with Crippen molar-refractivity contribution in [1.82, 2.24) is 9.55 Å². The molecular formula is C23H12Cl2F3N3. The second kappa shape index (κ2) is 8.10. The summed E-state index contributed by atoms with van der Waals surface area (Å²) in [5.74, 6) is 0.132. The number of benzene rings is 2. The van der Waals surface area contributed by atoms with E-state index < -0.39 is 11.7 Å². The number of alkyl halides is 3. The van der Waals surface area contributed by atoms with Crippen LogP contribution in [0.2, 0.25) is 10.0 Å². The first-order valence-corrected chi connectivity index (χ1v) is 9.75. The molecule has 0 aliphatic rings. The van der Waals surface area contributed by atoms with E-state index in [0.29, 0.717) is 27.2 Å². The van der Waals surface area contributed by atoms with Crippen LogP contribution in [0.1, 0.15) is 16.7 Å². The van der Waals surface area contributed by atoms with Gasteiger partial charge in [-0.3, -0.25) is 4.57 Å². The second-order valence-corrected chi connectivity index (χ2v) is 7.46. The molecule has 3 nitrogen and oxygen atoms in total. The zero-order valence-corrected chi connectivity index (χ0v) is 17.2. The van der Waals surface area contributed by atoms with Crippen LogP contribution in [0.4, 0.5) is 13.2 Å². The number of halogens is 5. The lowest BCUT2D eigenvalue weighted by Gasteiger charge is -2.10. The van der Waals surface area contributed by atoms with Crippen molar-refractivity contribution in [2.24, 2.45) is 0 Å². The minimum Gasteiger partial charge on any atom is -0.299 e. The SMILES string of the molecule is N#C/C(=C/c1ccccc1Cl)c1cn(-c2ncc(C(F)(F)F)cc2Cl)c2ccccc12. The van der Waals surface area contributed by atoms with Gasteiger partial charge in [0.25, 0.3) is 0 Å². The highest BCUT2D eigenvalue weighted by molar-refractivity contribution is 6.32. The Morgan fingerprint density at radius 2 is 1.74 bits per heavy atom. The normalized spacial score (nSPS) is 12.2. The summed E-state index contributed by atoms with van der Waals surface area (Å²) in [5.41, 5.74) is 1.30. The number of nitrogens with zero attached hydrogens (tertiary/aromatic N) is 3. The maximum atomic E-state index is 13.0. The molecule has 31 heavy (non-hydrogen) atoms. The third-order valence-electron chi connectivity index (χ3n) is 4.70. The summed E-state index contributed by atoms with van der Waals surface area (Å²) < 4.78 is 40.5. The molecule has 2 aromatic heterocycles. The van der Waals surface area contributed by atoms with Gasteiger partial charge in [-0.15, -0.1) is 0 Å². The lowest BCUT2D eigenvalue weighted by molar-refractivity contribution is -0.137. The predicted molar refractivity (Wildman–Crippen MR) is 116 cm³/mol. The molecule has 0 unspecified atom stereocenters. The van der Waals surface area contributed by atoms with Crippen molar-refractivity contribution in [3.05, 3.63) is 93.7 Å². The number of hydrogen-bond acceptors (Lipinski definition) is 2. The van der Waals surface area contributed by atoms with Gasteiger partial charge >= 0.3 is 6.18 Å². The minimum atomic E-state index is -4.55. The van der Waals surface area contributed by atoms with Crippen molar-refractivity contribution in [1.29, 1.82) is 5.26 Å². The highest BCUT2D eigenvalue weighted by Crippen LogP contribution is 2.35. The molecule has 0 amide bonds. The van der Waals surface area contributed by atoms with Gasteiger partial charge < -0.3 is 0 Å². The van der Waals surface area contributed by atoms with Crippen molar-refractivity contribution in [3.8, 4) is 11.9 Å². The first-order chi connectivity index (χ1) is 14.8. The first kappa shape index (κ1) is 21.0. The van der Waals surface area contributed by atoms with Crippen molar-refractivity contribution >= 4 is 45.8 Å². The fourth-order valence-corrected chi connectivity index (χ4v) is 3.70. The summed E-state index contributed by atoms with van der Waals surface area (Å²) in [7, 11) is 0. The summed E-state index contributed by atoms with van der Waals surface area (Å²) in [4.78, 5) is 3.95. The van der Waals surface area contributed by atoms with Crippen molar-refractivity contribution in [2.75, 3.05) is 0 Å². The number of aromatic nitrogens is 2. The fraction of sp³-hybridized carbons (Fsp3) is 0.0435. The Morgan fingerprint density at radius 1 is 1.03 bits per heavy atom. The van der Waals surface area contributed by atoms with Crippen molar-refractivity contribution in [3.63, 3.8) is 0 Å². The minimum absolute atomic E-state index is 0.132. The van der Waals surface area contributed by atoms with Gasteiger partial charge in [-0.05, 0) is 29.8 Å². The Bertz CT molecular complexity index is 1360. The van der Waals surface area contributed by atoms with Crippen LogP contribution in [-0.4, -0.2) is 9.55 Å². The van der Waals surface area contributed by atoms with Gasteiger partial charge in [0.15, 0.2) is 5.82 Å². The van der Waals surface area contributed by atoms with Gasteiger partial charge in [-0.25, -0.2) is 4.98 Å². The molecule has 0 aliphatic heterocycles. The molecule has 0 bridgehead atoms. The molecule has 0 fully saturated rings. The van der Waals surface area contributed by atoms with E-state index in [4.69, 9.17) is 23.2 Å². The summed E-state index contributed by atoms with van der Waals surface area (Å²) in [6.45, 7) is 0. The molecule has 0 spiro atoms. The Balaban J connectivity index is 1.92. The molecule has 0 aliphatic carbocycles. The lowest BCUT2D eigenvalue weighted by Crippen LogP contribution is -2.07. The monoisotopic (exact) mass is 457 g/mol. The maximum absolute atomic E-state index is 13.0. The Labute approximate surface area is 185 Å². The average Bonchev–Trinajstić information content (AvgIpc) is 3.12. The van der Waals surface area contributed by atoms with E-state index in [-0.39, 0.29) is 10.8 Å². The Hall–Kier alpha value is -3.27. The first-order valence-electron chi connectivity index (χ1n) is 8.99. The topological polar surface area (TPSA) is 41.6 Å². The number of fused-ring (bicyclic) bond motifs is 1. The quantitative estimate of drug-likeness (QED) is 0.300. The molecule has 0 N–H and O–H groups in total. The summed E-state index contributed by atoms with van der Waals surface area (Å²) in [6.07, 6.45) is -0.514. The van der Waals surface area contributed by atoms with Crippen LogP contribution in [0.25, 0.3) is 28.4 Å². The van der Waals surface area contributed by atoms with Crippen LogP contribution >= 0.6 is 23.2 Å². The molecule has 2 aromatic carbocycles. The third-order valence-corrected chi connectivity index (χ3v) is 5.33. The van der Waals surface area contributed by atoms with Gasteiger partial charge in [0, 0.05) is 28.4 Å². The van der Waals surface area contributed by atoms with Gasteiger partial charge in [0.1, 0.15) is 0 Å². The predicted octanol–water partition coefficient (Wildman–Crippen LogP) is 7.42. The number of allylic oxidation sites excluding steroid dienone is 1. The van der Waals surface area contributed by atoms with E-state index in [2.05, 4.69) is 11.1 Å². The molecule has 4 rings (SSSR count). The summed E-state index contributed by atoms with van der Waals surface area (Å²) in [6, 6.07) is 17.3. The molecule has 2 heterocycles. The molecule has 0 saturated heterocycles. The zero-order valence-electron chi connectivity index (χ0n) is 15.7. The van der Waals surface area contributed by atoms with Crippen LogP contribution < -0.4 is 0 Å². The van der Waals surface area contributed by atoms with E-state index in [1.165, 1.54) is 0 Å². The highest BCUT2D eigenvalue weighted by atomic mass is 35.5. The van der Waals surface area contributed by atoms with E-state index in [1.807, 2.05) is 18.2 Å². The van der Waals surface area contributed by atoms with Crippen LogP contribution in [0, 0.1) is 11.3 Å². The van der Waals surface area contributed by atoms with Crippen LogP contribution in [-0.2, 0) is 6.18 Å². The molecule has 0 atom stereocenters. The van der Waals surface area contributed by atoms with Gasteiger partial charge in [0.05, 0.1) is 27.7 Å². The van der Waals surface area contributed by atoms with E-state index in [1.54, 1.807) is 47.2 Å². The number of pyridine rings is 1. The Kier molecular flexibility index (Phi) is 5.48. The standard InChI is InChI=1S/C23H12Cl2F3N3/c24-19-7-3-1-5-14(19)9-15(11-29)18-13-31(21-8-4-2-6-17(18)21)22-20(25)10-16(12-30-22)23(26,27)28/h1-10,12-13H/b15-9-. The van der Waals surface area contributed by atoms with E-state index in [0.717, 1.165) is 17.6 Å². The molecule has 0 saturated carbocycles. The van der Waals surface area contributed by atoms with Crippen LogP contribution in [0.3, 0.4) is 0 Å². The van der Waals surface area contributed by atoms with Gasteiger partial charge in [-0.1, -0.05) is 59.6 Å². The zero-order chi connectivity index (χ0) is 22.2. The van der Waals surface area contributed by atoms with Crippen molar-refractivity contribution in [2.45, 2.75) is 6.18 Å². The molecule has 154 valence electrons. The van der Waals surface area contributed by atoms with Crippen LogP contribution in [0.15, 0.2) is 67.0 Å². The van der Waals surface area contributed by atoms with E-state index >= 15 is 0 Å². The molecule has 8 heteroatoms. The number of para-hydroxylation sites is 1. The number of nitriles is 1. The summed E-state index contributed by atoms with van der Waals surface area (Å²) >= 11 is 12.4. The summed E-state index contributed by atoms with van der Waals surface area (Å²) in [5, 5.41) is 10.9. The smallest absolute Gasteiger partial charge is 0.299 e. The average molecular weight is 458 g/mol. The highest BCUT2D eigenvalue weighted by Gasteiger charge is 2.32. The molecule has 0 radical (unpaired) electrons. The maximum Gasteiger partial charge on any atom is 0.417 e. The van der Waals surface area contributed by atoms with Gasteiger partial charge in [0.2, 0.25) is 0 Å².